The molecular formula is C17H25NO2. The number of fused-ring (bicyclic) bond motifs is 2. The van der Waals surface area contributed by atoms with Crippen molar-refractivity contribution in [1.82, 2.24) is 0 Å². The number of nitrogens with two attached hydrogens (primary N) is 1. The molecule has 0 spiro atoms. The van der Waals surface area contributed by atoms with Gasteiger partial charge < -0.3 is 15.2 Å². The monoisotopic (exact) mass is 275 g/mol. The molecule has 0 aliphatic heterocycles. The van der Waals surface area contributed by atoms with Gasteiger partial charge in [-0.1, -0.05) is 18.6 Å². The first kappa shape index (κ1) is 13.7. The summed E-state index contributed by atoms with van der Waals surface area (Å²) in [5.74, 6) is 4.28. The van der Waals surface area contributed by atoms with E-state index >= 15 is 0 Å². The van der Waals surface area contributed by atoms with Gasteiger partial charge in [0.1, 0.15) is 0 Å². The van der Waals surface area contributed by atoms with Crippen LogP contribution in [0.3, 0.4) is 0 Å². The summed E-state index contributed by atoms with van der Waals surface area (Å²) >= 11 is 0. The standard InChI is InChI=1S/C17H25NO2/c1-2-19-16-5-3-4-14(10-18)17(16)20-11-15-9-12-6-7-13(15)8-12/h3-5,12-13,15H,2,6-11,18H2,1H3. The lowest BCUT2D eigenvalue weighted by molar-refractivity contribution is 0.186. The maximum absolute atomic E-state index is 6.14. The molecule has 1 aromatic carbocycles. The summed E-state index contributed by atoms with van der Waals surface area (Å²) in [5, 5.41) is 0. The topological polar surface area (TPSA) is 44.5 Å². The van der Waals surface area contributed by atoms with Crippen molar-refractivity contribution in [2.45, 2.75) is 39.2 Å². The Bertz CT molecular complexity index is 460. The summed E-state index contributed by atoms with van der Waals surface area (Å²) in [4.78, 5) is 0. The van der Waals surface area contributed by atoms with Crippen LogP contribution >= 0.6 is 0 Å². The van der Waals surface area contributed by atoms with E-state index in [9.17, 15) is 0 Å². The Labute approximate surface area is 121 Å². The molecule has 2 aliphatic carbocycles. The average Bonchev–Trinajstić information content (AvgIpc) is 3.08. The molecule has 0 radical (unpaired) electrons. The number of rotatable bonds is 6. The van der Waals surface area contributed by atoms with E-state index in [1.807, 2.05) is 25.1 Å². The third-order valence-corrected chi connectivity index (χ3v) is 4.91. The quantitative estimate of drug-likeness (QED) is 0.865. The second kappa shape index (κ2) is 6.04. The Hall–Kier alpha value is -1.22. The molecule has 2 N–H and O–H groups in total. The Kier molecular flexibility index (Phi) is 4.16. The molecule has 2 aliphatic rings. The zero-order chi connectivity index (χ0) is 13.9. The van der Waals surface area contributed by atoms with E-state index in [4.69, 9.17) is 15.2 Å². The lowest BCUT2D eigenvalue weighted by Gasteiger charge is -2.23. The molecule has 20 heavy (non-hydrogen) atoms. The normalized spacial score (nSPS) is 27.8. The van der Waals surface area contributed by atoms with Gasteiger partial charge >= 0.3 is 0 Å². The van der Waals surface area contributed by atoms with E-state index in [0.29, 0.717) is 13.2 Å². The van der Waals surface area contributed by atoms with Gasteiger partial charge in [0, 0.05) is 12.1 Å². The van der Waals surface area contributed by atoms with Crippen LogP contribution in [-0.2, 0) is 6.54 Å². The van der Waals surface area contributed by atoms with Crippen molar-refractivity contribution in [1.29, 1.82) is 0 Å². The number of hydrogen-bond donors (Lipinski definition) is 1. The van der Waals surface area contributed by atoms with Crippen LogP contribution in [0.4, 0.5) is 0 Å². The SMILES string of the molecule is CCOc1cccc(CN)c1OCC1CC2CCC1C2. The molecule has 1 aromatic rings. The Balaban J connectivity index is 1.69. The van der Waals surface area contributed by atoms with Crippen LogP contribution in [-0.4, -0.2) is 13.2 Å². The largest absolute Gasteiger partial charge is 0.490 e. The minimum Gasteiger partial charge on any atom is -0.490 e. The van der Waals surface area contributed by atoms with Crippen molar-refractivity contribution in [3.05, 3.63) is 23.8 Å². The van der Waals surface area contributed by atoms with Crippen molar-refractivity contribution in [3.8, 4) is 11.5 Å². The molecule has 2 bridgehead atoms. The number of benzene rings is 1. The maximum atomic E-state index is 6.14. The first-order valence-electron chi connectivity index (χ1n) is 7.89. The van der Waals surface area contributed by atoms with E-state index < -0.39 is 0 Å². The van der Waals surface area contributed by atoms with Crippen LogP contribution in [0.5, 0.6) is 11.5 Å². The van der Waals surface area contributed by atoms with Gasteiger partial charge in [-0.05, 0) is 50.0 Å². The lowest BCUT2D eigenvalue weighted by atomic mass is 9.89. The summed E-state index contributed by atoms with van der Waals surface area (Å²) in [5.41, 5.74) is 6.87. The summed E-state index contributed by atoms with van der Waals surface area (Å²) in [6, 6.07) is 5.98. The molecule has 2 saturated carbocycles. The third-order valence-electron chi connectivity index (χ3n) is 4.91. The Morgan fingerprint density at radius 2 is 2.10 bits per heavy atom. The van der Waals surface area contributed by atoms with E-state index in [-0.39, 0.29) is 0 Å². The molecule has 0 saturated heterocycles. The van der Waals surface area contributed by atoms with E-state index in [0.717, 1.165) is 41.4 Å². The Morgan fingerprint density at radius 3 is 2.75 bits per heavy atom. The van der Waals surface area contributed by atoms with Crippen LogP contribution in [0.1, 0.15) is 38.2 Å². The second-order valence-electron chi connectivity index (χ2n) is 6.13. The molecule has 3 heteroatoms. The van der Waals surface area contributed by atoms with Gasteiger partial charge in [0.2, 0.25) is 0 Å². The molecule has 110 valence electrons. The van der Waals surface area contributed by atoms with Crippen molar-refractivity contribution in [2.75, 3.05) is 13.2 Å². The van der Waals surface area contributed by atoms with Crippen LogP contribution in [0, 0.1) is 17.8 Å². The molecule has 2 fully saturated rings. The van der Waals surface area contributed by atoms with Gasteiger partial charge in [0.05, 0.1) is 13.2 Å². The zero-order valence-corrected chi connectivity index (χ0v) is 12.3. The number of ether oxygens (including phenoxy) is 2. The van der Waals surface area contributed by atoms with E-state index in [2.05, 4.69) is 0 Å². The molecular weight excluding hydrogens is 250 g/mol. The van der Waals surface area contributed by atoms with Gasteiger partial charge in [-0.2, -0.15) is 0 Å². The summed E-state index contributed by atoms with van der Waals surface area (Å²) in [6.45, 7) is 3.96. The molecule has 3 atom stereocenters. The molecule has 3 unspecified atom stereocenters. The highest BCUT2D eigenvalue weighted by Gasteiger charge is 2.39. The third kappa shape index (κ3) is 2.64. The van der Waals surface area contributed by atoms with Crippen LogP contribution in [0.25, 0.3) is 0 Å². The van der Waals surface area contributed by atoms with Gasteiger partial charge in [-0.25, -0.2) is 0 Å². The van der Waals surface area contributed by atoms with Gasteiger partial charge in [0.15, 0.2) is 11.5 Å². The summed E-state index contributed by atoms with van der Waals surface area (Å²) in [6.07, 6.45) is 5.60. The minimum absolute atomic E-state index is 0.493. The number of para-hydroxylation sites is 1. The first-order chi connectivity index (χ1) is 9.81. The fourth-order valence-corrected chi connectivity index (χ4v) is 3.93. The highest BCUT2D eigenvalue weighted by molar-refractivity contribution is 5.46. The summed E-state index contributed by atoms with van der Waals surface area (Å²) in [7, 11) is 0. The molecule has 3 nitrogen and oxygen atoms in total. The van der Waals surface area contributed by atoms with Crippen LogP contribution in [0.2, 0.25) is 0 Å². The predicted octanol–water partition coefficient (Wildman–Crippen LogP) is 3.36. The van der Waals surface area contributed by atoms with Crippen molar-refractivity contribution in [2.24, 2.45) is 23.5 Å². The zero-order valence-electron chi connectivity index (χ0n) is 12.3. The molecule has 3 rings (SSSR count). The van der Waals surface area contributed by atoms with Crippen molar-refractivity contribution < 1.29 is 9.47 Å². The van der Waals surface area contributed by atoms with E-state index in [1.165, 1.54) is 25.7 Å². The van der Waals surface area contributed by atoms with Crippen LogP contribution in [0.15, 0.2) is 18.2 Å². The Morgan fingerprint density at radius 1 is 1.20 bits per heavy atom. The fraction of sp³-hybridized carbons (Fsp3) is 0.647. The second-order valence-corrected chi connectivity index (χ2v) is 6.13. The average molecular weight is 275 g/mol. The lowest BCUT2D eigenvalue weighted by Crippen LogP contribution is -2.19. The number of hydrogen-bond acceptors (Lipinski definition) is 3. The highest BCUT2D eigenvalue weighted by atomic mass is 16.5. The smallest absolute Gasteiger partial charge is 0.165 e. The minimum atomic E-state index is 0.493. The van der Waals surface area contributed by atoms with Crippen molar-refractivity contribution in [3.63, 3.8) is 0 Å². The first-order valence-corrected chi connectivity index (χ1v) is 7.89. The van der Waals surface area contributed by atoms with Crippen molar-refractivity contribution >= 4 is 0 Å². The van der Waals surface area contributed by atoms with Gasteiger partial charge in [-0.15, -0.1) is 0 Å². The van der Waals surface area contributed by atoms with E-state index in [1.54, 1.807) is 0 Å². The highest BCUT2D eigenvalue weighted by Crippen LogP contribution is 2.48. The molecule has 0 amide bonds. The summed E-state index contributed by atoms with van der Waals surface area (Å²) < 4.78 is 11.8. The maximum Gasteiger partial charge on any atom is 0.165 e. The van der Waals surface area contributed by atoms with Gasteiger partial charge in [0.25, 0.3) is 0 Å². The molecule has 0 aromatic heterocycles. The van der Waals surface area contributed by atoms with Crippen LogP contribution < -0.4 is 15.2 Å². The predicted molar refractivity (Wildman–Crippen MR) is 79.9 cm³/mol. The van der Waals surface area contributed by atoms with Gasteiger partial charge in [-0.3, -0.25) is 0 Å². The fourth-order valence-electron chi connectivity index (χ4n) is 3.93. The molecule has 0 heterocycles.